The van der Waals surface area contributed by atoms with Crippen molar-refractivity contribution in [2.24, 2.45) is 0 Å². The second kappa shape index (κ2) is 5.90. The van der Waals surface area contributed by atoms with Crippen LogP contribution in [0.5, 0.6) is 5.75 Å². The maximum absolute atomic E-state index is 5.44. The third-order valence-corrected chi connectivity index (χ3v) is 3.22. The van der Waals surface area contributed by atoms with E-state index in [0.717, 1.165) is 11.7 Å². The smallest absolute Gasteiger partial charge is 0.189 e. The van der Waals surface area contributed by atoms with Gasteiger partial charge in [0, 0.05) is 6.61 Å². The molecule has 1 aromatic carbocycles. The van der Waals surface area contributed by atoms with Crippen LogP contribution in [0.1, 0.15) is 44.1 Å². The van der Waals surface area contributed by atoms with Crippen LogP contribution in [0.15, 0.2) is 24.3 Å². The predicted molar refractivity (Wildman–Crippen MR) is 64.8 cm³/mol. The van der Waals surface area contributed by atoms with Gasteiger partial charge in [-0.2, -0.15) is 0 Å². The van der Waals surface area contributed by atoms with E-state index in [1.165, 1.54) is 31.2 Å². The van der Waals surface area contributed by atoms with Gasteiger partial charge in [-0.05, 0) is 43.4 Å². The molecule has 0 saturated heterocycles. The van der Waals surface area contributed by atoms with Crippen LogP contribution < -0.4 is 4.74 Å². The zero-order valence-electron chi connectivity index (χ0n) is 9.95. The monoisotopic (exact) mass is 220 g/mol. The van der Waals surface area contributed by atoms with Crippen LogP contribution in [0.3, 0.4) is 0 Å². The largest absolute Gasteiger partial charge is 0.468 e. The van der Waals surface area contributed by atoms with Crippen LogP contribution in [0.25, 0.3) is 0 Å². The SMILES string of the molecule is CCOCOc1ccc(C2CCCC2)cc1. The van der Waals surface area contributed by atoms with Gasteiger partial charge in [0.05, 0.1) is 0 Å². The Hall–Kier alpha value is -1.02. The van der Waals surface area contributed by atoms with Gasteiger partial charge in [-0.1, -0.05) is 25.0 Å². The molecule has 0 aliphatic heterocycles. The highest BCUT2D eigenvalue weighted by Gasteiger charge is 2.16. The minimum atomic E-state index is 0.347. The predicted octanol–water partition coefficient (Wildman–Crippen LogP) is 3.72. The van der Waals surface area contributed by atoms with E-state index in [0.29, 0.717) is 13.4 Å². The van der Waals surface area contributed by atoms with Crippen molar-refractivity contribution < 1.29 is 9.47 Å². The summed E-state index contributed by atoms with van der Waals surface area (Å²) in [4.78, 5) is 0. The summed E-state index contributed by atoms with van der Waals surface area (Å²) in [7, 11) is 0. The Balaban J connectivity index is 1.88. The maximum Gasteiger partial charge on any atom is 0.189 e. The molecule has 0 bridgehead atoms. The van der Waals surface area contributed by atoms with Crippen molar-refractivity contribution in [2.45, 2.75) is 38.5 Å². The maximum atomic E-state index is 5.44. The summed E-state index contributed by atoms with van der Waals surface area (Å²) in [5, 5.41) is 0. The van der Waals surface area contributed by atoms with Gasteiger partial charge in [0.1, 0.15) is 5.75 Å². The van der Waals surface area contributed by atoms with Crippen LogP contribution in [0.2, 0.25) is 0 Å². The highest BCUT2D eigenvalue weighted by molar-refractivity contribution is 5.29. The van der Waals surface area contributed by atoms with Crippen LogP contribution in [-0.2, 0) is 4.74 Å². The molecule has 1 aliphatic rings. The average Bonchev–Trinajstić information content (AvgIpc) is 2.84. The zero-order chi connectivity index (χ0) is 11.2. The van der Waals surface area contributed by atoms with Crippen molar-refractivity contribution in [3.05, 3.63) is 29.8 Å². The molecular weight excluding hydrogens is 200 g/mol. The molecule has 1 aromatic rings. The van der Waals surface area contributed by atoms with Crippen molar-refractivity contribution in [1.82, 2.24) is 0 Å². The lowest BCUT2D eigenvalue weighted by atomic mass is 9.98. The van der Waals surface area contributed by atoms with E-state index in [-0.39, 0.29) is 0 Å². The van der Waals surface area contributed by atoms with Crippen molar-refractivity contribution in [3.8, 4) is 5.75 Å². The van der Waals surface area contributed by atoms with E-state index in [9.17, 15) is 0 Å². The topological polar surface area (TPSA) is 18.5 Å². The van der Waals surface area contributed by atoms with E-state index in [2.05, 4.69) is 12.1 Å². The lowest BCUT2D eigenvalue weighted by molar-refractivity contribution is 0.0224. The Labute approximate surface area is 97.6 Å². The average molecular weight is 220 g/mol. The van der Waals surface area contributed by atoms with Gasteiger partial charge in [-0.25, -0.2) is 0 Å². The van der Waals surface area contributed by atoms with Crippen LogP contribution in [0.4, 0.5) is 0 Å². The minimum absolute atomic E-state index is 0.347. The van der Waals surface area contributed by atoms with Crippen molar-refractivity contribution in [1.29, 1.82) is 0 Å². The molecule has 1 fully saturated rings. The molecule has 16 heavy (non-hydrogen) atoms. The van der Waals surface area contributed by atoms with E-state index in [1.54, 1.807) is 0 Å². The van der Waals surface area contributed by atoms with Gasteiger partial charge in [0.15, 0.2) is 6.79 Å². The van der Waals surface area contributed by atoms with E-state index in [4.69, 9.17) is 9.47 Å². The van der Waals surface area contributed by atoms with Gasteiger partial charge in [0.25, 0.3) is 0 Å². The summed E-state index contributed by atoms with van der Waals surface area (Å²) < 4.78 is 10.6. The molecule has 0 spiro atoms. The molecule has 0 unspecified atom stereocenters. The number of benzene rings is 1. The van der Waals surface area contributed by atoms with Crippen molar-refractivity contribution in [3.63, 3.8) is 0 Å². The Morgan fingerprint density at radius 2 is 1.81 bits per heavy atom. The van der Waals surface area contributed by atoms with Crippen LogP contribution in [0, 0.1) is 0 Å². The van der Waals surface area contributed by atoms with E-state index in [1.807, 2.05) is 19.1 Å². The Kier molecular flexibility index (Phi) is 4.23. The summed E-state index contributed by atoms with van der Waals surface area (Å²) in [5.74, 6) is 1.68. The van der Waals surface area contributed by atoms with Crippen molar-refractivity contribution in [2.75, 3.05) is 13.4 Å². The molecule has 2 rings (SSSR count). The molecule has 0 amide bonds. The number of hydrogen-bond donors (Lipinski definition) is 0. The molecular formula is C14H20O2. The van der Waals surface area contributed by atoms with Gasteiger partial charge in [-0.15, -0.1) is 0 Å². The number of rotatable bonds is 5. The second-order valence-corrected chi connectivity index (χ2v) is 4.31. The zero-order valence-corrected chi connectivity index (χ0v) is 9.95. The second-order valence-electron chi connectivity index (χ2n) is 4.31. The third kappa shape index (κ3) is 2.99. The first-order chi connectivity index (χ1) is 7.90. The quantitative estimate of drug-likeness (QED) is 0.556. The summed E-state index contributed by atoms with van der Waals surface area (Å²) in [6.45, 7) is 3.01. The first kappa shape index (κ1) is 11.5. The molecule has 2 nitrogen and oxygen atoms in total. The van der Waals surface area contributed by atoms with E-state index >= 15 is 0 Å². The third-order valence-electron chi connectivity index (χ3n) is 3.22. The fourth-order valence-corrected chi connectivity index (χ4v) is 2.29. The molecule has 0 heterocycles. The van der Waals surface area contributed by atoms with Crippen LogP contribution in [-0.4, -0.2) is 13.4 Å². The molecule has 0 atom stereocenters. The normalized spacial score (nSPS) is 16.6. The van der Waals surface area contributed by atoms with Gasteiger partial charge >= 0.3 is 0 Å². The lowest BCUT2D eigenvalue weighted by Crippen LogP contribution is -2.02. The Morgan fingerprint density at radius 1 is 1.12 bits per heavy atom. The molecule has 1 saturated carbocycles. The molecule has 0 N–H and O–H groups in total. The van der Waals surface area contributed by atoms with Crippen LogP contribution >= 0.6 is 0 Å². The van der Waals surface area contributed by atoms with Gasteiger partial charge in [-0.3, -0.25) is 0 Å². The molecule has 0 radical (unpaired) electrons. The first-order valence-corrected chi connectivity index (χ1v) is 6.20. The molecule has 88 valence electrons. The number of ether oxygens (including phenoxy) is 2. The summed E-state index contributed by atoms with van der Waals surface area (Å²) in [6, 6.07) is 8.48. The van der Waals surface area contributed by atoms with Gasteiger partial charge in [0.2, 0.25) is 0 Å². The Morgan fingerprint density at radius 3 is 2.44 bits per heavy atom. The lowest BCUT2D eigenvalue weighted by Gasteiger charge is -2.10. The standard InChI is InChI=1S/C14H20O2/c1-2-15-11-16-14-9-7-13(8-10-14)12-5-3-4-6-12/h7-10,12H,2-6,11H2,1H3. The molecule has 0 aromatic heterocycles. The van der Waals surface area contributed by atoms with Gasteiger partial charge < -0.3 is 9.47 Å². The first-order valence-electron chi connectivity index (χ1n) is 6.20. The Bertz CT molecular complexity index is 299. The minimum Gasteiger partial charge on any atom is -0.468 e. The summed E-state index contributed by atoms with van der Waals surface area (Å²) in [6.07, 6.45) is 5.46. The highest BCUT2D eigenvalue weighted by Crippen LogP contribution is 2.34. The number of hydrogen-bond acceptors (Lipinski definition) is 2. The highest BCUT2D eigenvalue weighted by atomic mass is 16.7. The van der Waals surface area contributed by atoms with Crippen molar-refractivity contribution >= 4 is 0 Å². The molecule has 2 heteroatoms. The summed E-state index contributed by atoms with van der Waals surface area (Å²) >= 11 is 0. The van der Waals surface area contributed by atoms with E-state index < -0.39 is 0 Å². The summed E-state index contributed by atoms with van der Waals surface area (Å²) in [5.41, 5.74) is 1.46. The fourth-order valence-electron chi connectivity index (χ4n) is 2.29. The fraction of sp³-hybridized carbons (Fsp3) is 0.571. The molecule has 1 aliphatic carbocycles.